The number of benzene rings is 3. The fourth-order valence-electron chi connectivity index (χ4n) is 4.00. The summed E-state index contributed by atoms with van der Waals surface area (Å²) in [5.41, 5.74) is 2.82. The molecule has 2 aliphatic heterocycles. The summed E-state index contributed by atoms with van der Waals surface area (Å²) in [4.78, 5) is 29.9. The fourth-order valence-corrected chi connectivity index (χ4v) is 5.06. The molecule has 1 fully saturated rings. The van der Waals surface area contributed by atoms with Crippen molar-refractivity contribution in [2.24, 2.45) is 0 Å². The molecule has 3 aromatic rings. The summed E-state index contributed by atoms with van der Waals surface area (Å²) in [7, 11) is 0. The molecule has 0 N–H and O–H groups in total. The predicted molar refractivity (Wildman–Crippen MR) is 123 cm³/mol. The molecule has 1 amide bonds. The van der Waals surface area contributed by atoms with E-state index in [4.69, 9.17) is 9.47 Å². The topological polar surface area (TPSA) is 55.8 Å². The normalized spacial score (nSPS) is 17.4. The van der Waals surface area contributed by atoms with Crippen LogP contribution in [0.5, 0.6) is 0 Å². The maximum atomic E-state index is 13.6. The molecule has 0 aromatic heterocycles. The summed E-state index contributed by atoms with van der Waals surface area (Å²) in [6, 6.07) is 22.9. The molecule has 0 aliphatic carbocycles. The van der Waals surface area contributed by atoms with Crippen LogP contribution in [0.15, 0.2) is 82.6 Å². The Bertz CT molecular complexity index is 1140. The van der Waals surface area contributed by atoms with E-state index in [-0.39, 0.29) is 18.6 Å². The number of rotatable bonds is 5. The van der Waals surface area contributed by atoms with Crippen LogP contribution in [0.2, 0.25) is 0 Å². The second kappa shape index (κ2) is 9.18. The van der Waals surface area contributed by atoms with Gasteiger partial charge in [-0.3, -0.25) is 4.79 Å². The van der Waals surface area contributed by atoms with Crippen molar-refractivity contribution in [3.05, 3.63) is 89.5 Å². The highest BCUT2D eigenvalue weighted by atomic mass is 32.2. The van der Waals surface area contributed by atoms with E-state index in [9.17, 15) is 9.59 Å². The molecule has 32 heavy (non-hydrogen) atoms. The molecule has 1 unspecified atom stereocenters. The van der Waals surface area contributed by atoms with E-state index in [0.717, 1.165) is 34.8 Å². The van der Waals surface area contributed by atoms with Gasteiger partial charge in [-0.2, -0.15) is 0 Å². The molecule has 5 nitrogen and oxygen atoms in total. The molecule has 162 valence electrons. The van der Waals surface area contributed by atoms with Crippen LogP contribution in [0.25, 0.3) is 0 Å². The van der Waals surface area contributed by atoms with Crippen molar-refractivity contribution < 1.29 is 19.1 Å². The zero-order valence-corrected chi connectivity index (χ0v) is 18.3. The van der Waals surface area contributed by atoms with E-state index in [1.807, 2.05) is 60.7 Å². The van der Waals surface area contributed by atoms with Crippen LogP contribution in [-0.2, 0) is 16.0 Å². The number of ether oxygens (including phenoxy) is 2. The number of carbonyl (C=O) groups excluding carboxylic acids is 2. The van der Waals surface area contributed by atoms with E-state index in [1.54, 1.807) is 28.8 Å². The number of amides is 1. The van der Waals surface area contributed by atoms with Gasteiger partial charge in [-0.1, -0.05) is 54.2 Å². The Kier molecular flexibility index (Phi) is 5.97. The Morgan fingerprint density at radius 2 is 1.84 bits per heavy atom. The van der Waals surface area contributed by atoms with Crippen molar-refractivity contribution in [3.8, 4) is 0 Å². The monoisotopic (exact) mass is 445 g/mol. The van der Waals surface area contributed by atoms with Crippen molar-refractivity contribution in [2.45, 2.75) is 35.3 Å². The molecular weight excluding hydrogens is 422 g/mol. The Morgan fingerprint density at radius 3 is 2.66 bits per heavy atom. The van der Waals surface area contributed by atoms with E-state index in [1.165, 1.54) is 0 Å². The maximum Gasteiger partial charge on any atom is 0.338 e. The summed E-state index contributed by atoms with van der Waals surface area (Å²) >= 11 is 1.54. The SMILES string of the molecule is O=C(OCC1CCCO1)c1ccc2c(c1)N(Cc1ccccc1)C(=O)c1ccccc1S2. The molecule has 1 atom stereocenters. The Hall–Kier alpha value is -3.09. The Labute approximate surface area is 191 Å². The third-order valence-electron chi connectivity index (χ3n) is 5.68. The number of carbonyl (C=O) groups is 2. The number of esters is 1. The van der Waals surface area contributed by atoms with Gasteiger partial charge in [0.15, 0.2) is 0 Å². The molecule has 0 saturated carbocycles. The smallest absolute Gasteiger partial charge is 0.338 e. The summed E-state index contributed by atoms with van der Waals surface area (Å²) in [6.45, 7) is 1.38. The highest BCUT2D eigenvalue weighted by Gasteiger charge is 2.28. The average molecular weight is 446 g/mol. The molecule has 3 aromatic carbocycles. The van der Waals surface area contributed by atoms with Gasteiger partial charge in [-0.15, -0.1) is 0 Å². The standard InChI is InChI=1S/C26H23NO4S/c28-25-21-10-4-5-11-23(21)32-24-13-12-19(26(29)31-17-20-9-6-14-30-20)15-22(24)27(25)16-18-7-2-1-3-8-18/h1-5,7-8,10-13,15,20H,6,9,14,16-17H2. The predicted octanol–water partition coefficient (Wildman–Crippen LogP) is 5.33. The zero-order chi connectivity index (χ0) is 21.9. The number of hydrogen-bond acceptors (Lipinski definition) is 5. The highest BCUT2D eigenvalue weighted by molar-refractivity contribution is 7.99. The maximum absolute atomic E-state index is 13.6. The van der Waals surface area contributed by atoms with Gasteiger partial charge >= 0.3 is 5.97 Å². The molecular formula is C26H23NO4S. The average Bonchev–Trinajstić information content (AvgIpc) is 3.32. The molecule has 2 heterocycles. The first-order valence-electron chi connectivity index (χ1n) is 10.7. The molecule has 5 rings (SSSR count). The van der Waals surface area contributed by atoms with Crippen LogP contribution in [0.1, 0.15) is 39.1 Å². The lowest BCUT2D eigenvalue weighted by atomic mass is 10.1. The number of hydrogen-bond donors (Lipinski definition) is 0. The van der Waals surface area contributed by atoms with Gasteiger partial charge in [-0.25, -0.2) is 4.79 Å². The van der Waals surface area contributed by atoms with Gasteiger partial charge in [0.2, 0.25) is 0 Å². The second-order valence-electron chi connectivity index (χ2n) is 7.89. The van der Waals surface area contributed by atoms with E-state index < -0.39 is 5.97 Å². The van der Waals surface area contributed by atoms with Gasteiger partial charge in [0.05, 0.1) is 29.5 Å². The second-order valence-corrected chi connectivity index (χ2v) is 8.97. The van der Waals surface area contributed by atoms with Crippen LogP contribution in [0.4, 0.5) is 5.69 Å². The molecule has 2 aliphatic rings. The van der Waals surface area contributed by atoms with Crippen molar-refractivity contribution >= 4 is 29.3 Å². The molecule has 0 radical (unpaired) electrons. The Balaban J connectivity index is 1.49. The quantitative estimate of drug-likeness (QED) is 0.497. The molecule has 6 heteroatoms. The molecule has 1 saturated heterocycles. The number of fused-ring (bicyclic) bond motifs is 2. The minimum absolute atomic E-state index is 0.0269. The first-order chi connectivity index (χ1) is 15.7. The van der Waals surface area contributed by atoms with Crippen LogP contribution < -0.4 is 4.90 Å². The van der Waals surface area contributed by atoms with Gasteiger partial charge in [0, 0.05) is 16.4 Å². The summed E-state index contributed by atoms with van der Waals surface area (Å²) in [5, 5.41) is 0. The van der Waals surface area contributed by atoms with Gasteiger partial charge in [0.1, 0.15) is 6.61 Å². The zero-order valence-electron chi connectivity index (χ0n) is 17.5. The number of anilines is 1. The lowest BCUT2D eigenvalue weighted by Gasteiger charge is -2.23. The minimum atomic E-state index is -0.401. The largest absolute Gasteiger partial charge is 0.459 e. The number of nitrogens with zero attached hydrogens (tertiary/aromatic N) is 1. The first kappa shape index (κ1) is 20.8. The summed E-state index contributed by atoms with van der Waals surface area (Å²) in [5.74, 6) is -0.484. The highest BCUT2D eigenvalue weighted by Crippen LogP contribution is 2.42. The van der Waals surface area contributed by atoms with Crippen LogP contribution >= 0.6 is 11.8 Å². The van der Waals surface area contributed by atoms with Crippen molar-refractivity contribution in [1.29, 1.82) is 0 Å². The van der Waals surface area contributed by atoms with Crippen LogP contribution in [0.3, 0.4) is 0 Å². The fraction of sp³-hybridized carbons (Fsp3) is 0.231. The molecule has 0 bridgehead atoms. The first-order valence-corrected chi connectivity index (χ1v) is 11.6. The van der Waals surface area contributed by atoms with Gasteiger partial charge < -0.3 is 14.4 Å². The van der Waals surface area contributed by atoms with Crippen molar-refractivity contribution in [2.75, 3.05) is 18.1 Å². The third kappa shape index (κ3) is 4.29. The molecule has 0 spiro atoms. The third-order valence-corrected chi connectivity index (χ3v) is 6.82. The summed E-state index contributed by atoms with van der Waals surface area (Å²) < 4.78 is 11.0. The van der Waals surface area contributed by atoms with E-state index in [0.29, 0.717) is 23.4 Å². The lowest BCUT2D eigenvalue weighted by molar-refractivity contribution is 0.0161. The Morgan fingerprint density at radius 1 is 1.03 bits per heavy atom. The minimum Gasteiger partial charge on any atom is -0.459 e. The van der Waals surface area contributed by atoms with Crippen molar-refractivity contribution in [1.82, 2.24) is 0 Å². The van der Waals surface area contributed by atoms with Crippen LogP contribution in [-0.4, -0.2) is 31.2 Å². The van der Waals surface area contributed by atoms with Crippen LogP contribution in [0, 0.1) is 0 Å². The van der Waals surface area contributed by atoms with Crippen molar-refractivity contribution in [3.63, 3.8) is 0 Å². The van der Waals surface area contributed by atoms with Gasteiger partial charge in [0.25, 0.3) is 5.91 Å². The lowest BCUT2D eigenvalue weighted by Crippen LogP contribution is -2.30. The van der Waals surface area contributed by atoms with E-state index >= 15 is 0 Å². The van der Waals surface area contributed by atoms with Gasteiger partial charge in [-0.05, 0) is 48.7 Å². The summed E-state index contributed by atoms with van der Waals surface area (Å²) in [6.07, 6.45) is 1.88. The van der Waals surface area contributed by atoms with E-state index in [2.05, 4.69) is 0 Å².